The van der Waals surface area contributed by atoms with Crippen molar-refractivity contribution < 1.29 is 27.2 Å². The van der Waals surface area contributed by atoms with Gasteiger partial charge in [-0.3, -0.25) is 4.79 Å². The molecule has 1 unspecified atom stereocenters. The molecule has 0 radical (unpaired) electrons. The van der Waals surface area contributed by atoms with E-state index in [-0.39, 0.29) is 30.7 Å². The standard InChI is InChI=1S/C23H22F4N2O2/c24-19-9-3-7-17(11-19)21-12-20(31-28-21)14-29(22(30)16-5-2-6-16)13-15-4-1-8-18(10-15)23(25,26)27/h1,3-4,7-11,16,20H,2,5-6,12-14H2. The molecule has 1 atom stereocenters. The van der Waals surface area contributed by atoms with Gasteiger partial charge in [0.1, 0.15) is 5.82 Å². The quantitative estimate of drug-likeness (QED) is 0.589. The van der Waals surface area contributed by atoms with Crippen LogP contribution < -0.4 is 0 Å². The summed E-state index contributed by atoms with van der Waals surface area (Å²) >= 11 is 0. The lowest BCUT2D eigenvalue weighted by atomic mass is 9.84. The highest BCUT2D eigenvalue weighted by atomic mass is 19.4. The molecule has 1 heterocycles. The molecular weight excluding hydrogens is 412 g/mol. The summed E-state index contributed by atoms with van der Waals surface area (Å²) in [6.45, 7) is 0.266. The summed E-state index contributed by atoms with van der Waals surface area (Å²) in [6.07, 6.45) is -1.95. The van der Waals surface area contributed by atoms with Crippen molar-refractivity contribution in [3.63, 3.8) is 0 Å². The van der Waals surface area contributed by atoms with Gasteiger partial charge in [0.15, 0.2) is 6.10 Å². The number of alkyl halides is 3. The fraction of sp³-hybridized carbons (Fsp3) is 0.391. The first-order chi connectivity index (χ1) is 14.8. The van der Waals surface area contributed by atoms with Gasteiger partial charge >= 0.3 is 6.18 Å². The fourth-order valence-electron chi connectivity index (χ4n) is 3.82. The molecule has 0 N–H and O–H groups in total. The molecule has 0 bridgehead atoms. The second-order valence-electron chi connectivity index (χ2n) is 8.02. The van der Waals surface area contributed by atoms with Gasteiger partial charge in [0.25, 0.3) is 0 Å². The van der Waals surface area contributed by atoms with Gasteiger partial charge in [-0.15, -0.1) is 0 Å². The van der Waals surface area contributed by atoms with E-state index in [9.17, 15) is 22.4 Å². The van der Waals surface area contributed by atoms with Crippen LogP contribution in [0.5, 0.6) is 0 Å². The van der Waals surface area contributed by atoms with Crippen LogP contribution in [0.3, 0.4) is 0 Å². The van der Waals surface area contributed by atoms with E-state index < -0.39 is 17.8 Å². The van der Waals surface area contributed by atoms with Gasteiger partial charge in [-0.2, -0.15) is 13.2 Å². The van der Waals surface area contributed by atoms with Gasteiger partial charge in [-0.1, -0.05) is 35.8 Å². The Morgan fingerprint density at radius 3 is 2.58 bits per heavy atom. The van der Waals surface area contributed by atoms with Crippen molar-refractivity contribution in [2.45, 2.75) is 44.5 Å². The van der Waals surface area contributed by atoms with E-state index in [4.69, 9.17) is 4.84 Å². The Hall–Kier alpha value is -2.90. The summed E-state index contributed by atoms with van der Waals surface area (Å²) in [6, 6.07) is 11.0. The highest BCUT2D eigenvalue weighted by Crippen LogP contribution is 2.32. The molecule has 1 aliphatic heterocycles. The summed E-state index contributed by atoms with van der Waals surface area (Å²) in [5.74, 6) is -0.558. The molecule has 1 saturated carbocycles. The van der Waals surface area contributed by atoms with Crippen LogP contribution in [0, 0.1) is 11.7 Å². The van der Waals surface area contributed by atoms with E-state index in [1.807, 2.05) is 0 Å². The molecule has 8 heteroatoms. The summed E-state index contributed by atoms with van der Waals surface area (Å²) in [5.41, 5.74) is 0.860. The van der Waals surface area contributed by atoms with E-state index in [1.54, 1.807) is 23.1 Å². The zero-order valence-electron chi connectivity index (χ0n) is 16.7. The number of benzene rings is 2. The first kappa shape index (κ1) is 21.3. The monoisotopic (exact) mass is 434 g/mol. The Morgan fingerprint density at radius 2 is 1.90 bits per heavy atom. The molecule has 31 heavy (non-hydrogen) atoms. The lowest BCUT2D eigenvalue weighted by Gasteiger charge is -2.32. The highest BCUT2D eigenvalue weighted by Gasteiger charge is 2.34. The molecule has 2 aromatic rings. The van der Waals surface area contributed by atoms with Gasteiger partial charge in [0.05, 0.1) is 17.8 Å². The van der Waals surface area contributed by atoms with Crippen LogP contribution in [-0.4, -0.2) is 29.2 Å². The fourth-order valence-corrected chi connectivity index (χ4v) is 3.82. The predicted octanol–water partition coefficient (Wildman–Crippen LogP) is 5.17. The summed E-state index contributed by atoms with van der Waals surface area (Å²) in [7, 11) is 0. The number of amides is 1. The normalized spacial score (nSPS) is 18.8. The van der Waals surface area contributed by atoms with Crippen molar-refractivity contribution in [2.24, 2.45) is 11.1 Å². The Morgan fingerprint density at radius 1 is 1.13 bits per heavy atom. The van der Waals surface area contributed by atoms with Crippen LogP contribution in [0.15, 0.2) is 53.7 Å². The van der Waals surface area contributed by atoms with E-state index >= 15 is 0 Å². The van der Waals surface area contributed by atoms with Crippen molar-refractivity contribution in [1.82, 2.24) is 4.90 Å². The number of hydrogen-bond acceptors (Lipinski definition) is 3. The highest BCUT2D eigenvalue weighted by molar-refractivity contribution is 6.01. The summed E-state index contributed by atoms with van der Waals surface area (Å²) < 4.78 is 52.7. The number of oxime groups is 1. The van der Waals surface area contributed by atoms with Gasteiger partial charge < -0.3 is 9.74 Å². The van der Waals surface area contributed by atoms with Gasteiger partial charge in [0, 0.05) is 24.4 Å². The molecule has 0 saturated heterocycles. The number of hydrogen-bond donors (Lipinski definition) is 0. The third kappa shape index (κ3) is 5.06. The van der Waals surface area contributed by atoms with Gasteiger partial charge in [0.2, 0.25) is 5.91 Å². The number of nitrogens with zero attached hydrogens (tertiary/aromatic N) is 2. The molecule has 1 amide bonds. The van der Waals surface area contributed by atoms with Crippen molar-refractivity contribution in [2.75, 3.05) is 6.54 Å². The first-order valence-corrected chi connectivity index (χ1v) is 10.2. The number of halogens is 4. The van der Waals surface area contributed by atoms with E-state index in [1.165, 1.54) is 18.2 Å². The van der Waals surface area contributed by atoms with E-state index in [2.05, 4.69) is 5.16 Å². The Labute approximate surface area is 177 Å². The minimum absolute atomic E-state index is 0.0639. The number of carbonyl (C=O) groups is 1. The maximum absolute atomic E-state index is 13.5. The van der Waals surface area contributed by atoms with Crippen LogP contribution in [0.25, 0.3) is 0 Å². The van der Waals surface area contributed by atoms with Crippen LogP contribution in [0.2, 0.25) is 0 Å². The molecule has 1 fully saturated rings. The number of carbonyl (C=O) groups excluding carboxylic acids is 1. The summed E-state index contributed by atoms with van der Waals surface area (Å²) in [4.78, 5) is 20.0. The lowest BCUT2D eigenvalue weighted by molar-refractivity contribution is -0.140. The van der Waals surface area contributed by atoms with Crippen molar-refractivity contribution in [3.8, 4) is 0 Å². The second-order valence-corrected chi connectivity index (χ2v) is 8.02. The SMILES string of the molecule is O=C(C1CCC1)N(Cc1cccc(C(F)(F)F)c1)CC1CC(c2cccc(F)c2)=NO1. The summed E-state index contributed by atoms with van der Waals surface area (Å²) in [5, 5.41) is 4.04. The van der Waals surface area contributed by atoms with E-state index in [0.29, 0.717) is 23.3 Å². The van der Waals surface area contributed by atoms with Crippen LogP contribution in [-0.2, 0) is 22.4 Å². The maximum atomic E-state index is 13.5. The number of rotatable bonds is 6. The average molecular weight is 434 g/mol. The first-order valence-electron chi connectivity index (χ1n) is 10.2. The largest absolute Gasteiger partial charge is 0.416 e. The van der Waals surface area contributed by atoms with Crippen molar-refractivity contribution >= 4 is 11.6 Å². The third-order valence-electron chi connectivity index (χ3n) is 5.71. The minimum atomic E-state index is -4.44. The predicted molar refractivity (Wildman–Crippen MR) is 107 cm³/mol. The molecule has 2 aliphatic rings. The molecule has 4 nitrogen and oxygen atoms in total. The Kier molecular flexibility index (Phi) is 5.98. The molecule has 4 rings (SSSR count). The Balaban J connectivity index is 1.47. The van der Waals surface area contributed by atoms with E-state index in [0.717, 1.165) is 31.4 Å². The molecule has 0 aromatic heterocycles. The molecular formula is C23H22F4N2O2. The van der Waals surface area contributed by atoms with Crippen LogP contribution >= 0.6 is 0 Å². The zero-order valence-corrected chi connectivity index (χ0v) is 16.7. The van der Waals surface area contributed by atoms with Gasteiger partial charge in [-0.05, 0) is 42.7 Å². The molecule has 164 valence electrons. The Bertz CT molecular complexity index is 986. The van der Waals surface area contributed by atoms with Crippen LogP contribution in [0.4, 0.5) is 17.6 Å². The molecule has 1 aliphatic carbocycles. The lowest BCUT2D eigenvalue weighted by Crippen LogP contribution is -2.42. The third-order valence-corrected chi connectivity index (χ3v) is 5.71. The average Bonchev–Trinajstić information content (AvgIpc) is 3.14. The van der Waals surface area contributed by atoms with Crippen molar-refractivity contribution in [3.05, 3.63) is 71.0 Å². The topological polar surface area (TPSA) is 41.9 Å². The van der Waals surface area contributed by atoms with Crippen LogP contribution in [0.1, 0.15) is 42.4 Å². The zero-order chi connectivity index (χ0) is 22.0. The minimum Gasteiger partial charge on any atom is -0.390 e. The van der Waals surface area contributed by atoms with Gasteiger partial charge in [-0.25, -0.2) is 4.39 Å². The second kappa shape index (κ2) is 8.69. The van der Waals surface area contributed by atoms with Crippen molar-refractivity contribution in [1.29, 1.82) is 0 Å². The molecule has 2 aromatic carbocycles. The molecule has 0 spiro atoms. The smallest absolute Gasteiger partial charge is 0.390 e. The maximum Gasteiger partial charge on any atom is 0.416 e.